The van der Waals surface area contributed by atoms with Crippen LogP contribution >= 0.6 is 0 Å². The molecule has 1 aromatic carbocycles. The summed E-state index contributed by atoms with van der Waals surface area (Å²) in [5, 5.41) is 0. The Morgan fingerprint density at radius 1 is 0.857 bits per heavy atom. The van der Waals surface area contributed by atoms with Gasteiger partial charge >= 0.3 is 24.4 Å². The summed E-state index contributed by atoms with van der Waals surface area (Å²) in [6.07, 6.45) is -3.29. The molecule has 12 nitrogen and oxygen atoms in total. The molecule has 0 saturated carbocycles. The number of carbonyl (C=O) groups is 4. The molecule has 0 aliphatic rings. The molecule has 1 rings (SSSR count). The van der Waals surface area contributed by atoms with E-state index in [-0.39, 0.29) is 36.9 Å². The smallest absolute Gasteiger partial charge is 0.462 e. The molecule has 0 aliphatic carbocycles. The van der Waals surface area contributed by atoms with Crippen molar-refractivity contribution in [2.75, 3.05) is 19.8 Å². The van der Waals surface area contributed by atoms with Crippen molar-refractivity contribution in [3.05, 3.63) is 23.8 Å². The fourth-order valence-electron chi connectivity index (χ4n) is 2.65. The minimum atomic E-state index is -2.30. The lowest BCUT2D eigenvalue weighted by Gasteiger charge is -2.32. The van der Waals surface area contributed by atoms with Crippen molar-refractivity contribution in [2.24, 2.45) is 5.73 Å². The molecule has 35 heavy (non-hydrogen) atoms. The molecule has 0 amide bonds. The third kappa shape index (κ3) is 8.96. The Morgan fingerprint density at radius 3 is 1.94 bits per heavy atom. The molecule has 0 bridgehead atoms. The van der Waals surface area contributed by atoms with E-state index in [4.69, 9.17) is 38.9 Å². The molecule has 2 atom stereocenters. The number of nitrogens with two attached hydrogens (primary N) is 1. The van der Waals surface area contributed by atoms with Crippen molar-refractivity contribution in [1.82, 2.24) is 0 Å². The maximum atomic E-state index is 12.8. The normalized spacial score (nSPS) is 13.1. The first-order valence-corrected chi connectivity index (χ1v) is 11.2. The Kier molecular flexibility index (Phi) is 11.8. The quantitative estimate of drug-likeness (QED) is 0.202. The monoisotopic (exact) mass is 499 g/mol. The second kappa shape index (κ2) is 14.0. The van der Waals surface area contributed by atoms with Gasteiger partial charge in [0.15, 0.2) is 11.5 Å². The van der Waals surface area contributed by atoms with Gasteiger partial charge in [0, 0.05) is 5.92 Å². The van der Waals surface area contributed by atoms with E-state index in [2.05, 4.69) is 0 Å². The molecule has 0 aliphatic heterocycles. The van der Waals surface area contributed by atoms with Gasteiger partial charge in [0.25, 0.3) is 5.72 Å². The van der Waals surface area contributed by atoms with E-state index in [1.807, 2.05) is 0 Å². The van der Waals surface area contributed by atoms with Crippen LogP contribution in [0, 0.1) is 0 Å². The highest BCUT2D eigenvalue weighted by molar-refractivity contribution is 5.83. The molecule has 12 heteroatoms. The van der Waals surface area contributed by atoms with E-state index < -0.39 is 42.2 Å². The van der Waals surface area contributed by atoms with E-state index in [0.717, 1.165) is 0 Å². The highest BCUT2D eigenvalue weighted by atomic mass is 16.8. The van der Waals surface area contributed by atoms with Crippen LogP contribution in [0.4, 0.5) is 14.4 Å². The third-order valence-electron chi connectivity index (χ3n) is 4.36. The van der Waals surface area contributed by atoms with Gasteiger partial charge in [0.1, 0.15) is 0 Å². The van der Waals surface area contributed by atoms with Crippen LogP contribution in [0.2, 0.25) is 0 Å². The molecular formula is C23H33NO11. The molecule has 0 aromatic heterocycles. The van der Waals surface area contributed by atoms with Crippen LogP contribution in [0.1, 0.15) is 59.4 Å². The van der Waals surface area contributed by atoms with Crippen molar-refractivity contribution in [2.45, 2.75) is 65.7 Å². The maximum Gasteiger partial charge on any atom is 0.513 e. The second-order valence-electron chi connectivity index (χ2n) is 7.45. The van der Waals surface area contributed by atoms with Crippen molar-refractivity contribution in [3.63, 3.8) is 0 Å². The highest BCUT2D eigenvalue weighted by Gasteiger charge is 2.47. The minimum Gasteiger partial charge on any atom is -0.462 e. The highest BCUT2D eigenvalue weighted by Crippen LogP contribution is 2.36. The van der Waals surface area contributed by atoms with E-state index >= 15 is 0 Å². The minimum absolute atomic E-state index is 0.0317. The van der Waals surface area contributed by atoms with Crippen molar-refractivity contribution >= 4 is 24.4 Å². The number of esters is 1. The SMILES string of the molecule is CCCOC(=O)[C@](N)(OC(=O)OC(C)C)C(C)c1ccc(OC(=O)OCC)c(OC(=O)OCC)c1. The maximum absolute atomic E-state index is 12.8. The molecule has 0 fully saturated rings. The average molecular weight is 500 g/mol. The summed E-state index contributed by atoms with van der Waals surface area (Å²) in [7, 11) is 0. The van der Waals surface area contributed by atoms with Crippen LogP contribution in [0.5, 0.6) is 11.5 Å². The first-order chi connectivity index (χ1) is 16.5. The zero-order valence-electron chi connectivity index (χ0n) is 20.8. The predicted molar refractivity (Wildman–Crippen MR) is 121 cm³/mol. The number of ether oxygens (including phenoxy) is 7. The fraction of sp³-hybridized carbons (Fsp3) is 0.565. The summed E-state index contributed by atoms with van der Waals surface area (Å²) in [6.45, 7) is 9.76. The van der Waals surface area contributed by atoms with Crippen molar-refractivity contribution in [3.8, 4) is 11.5 Å². The van der Waals surface area contributed by atoms with Crippen LogP contribution in [0.3, 0.4) is 0 Å². The number of hydrogen-bond acceptors (Lipinski definition) is 12. The molecule has 196 valence electrons. The Balaban J connectivity index is 3.41. The van der Waals surface area contributed by atoms with Crippen LogP contribution in [0.25, 0.3) is 0 Å². The lowest BCUT2D eigenvalue weighted by Crippen LogP contribution is -2.56. The second-order valence-corrected chi connectivity index (χ2v) is 7.45. The summed E-state index contributed by atoms with van der Waals surface area (Å²) in [5.74, 6) is -2.43. The first-order valence-electron chi connectivity index (χ1n) is 11.2. The van der Waals surface area contributed by atoms with E-state index in [0.29, 0.717) is 6.42 Å². The van der Waals surface area contributed by atoms with Gasteiger partial charge in [0.05, 0.1) is 25.9 Å². The molecular weight excluding hydrogens is 466 g/mol. The average Bonchev–Trinajstić information content (AvgIpc) is 2.77. The van der Waals surface area contributed by atoms with E-state index in [1.165, 1.54) is 25.1 Å². The van der Waals surface area contributed by atoms with Crippen molar-refractivity contribution < 1.29 is 52.3 Å². The van der Waals surface area contributed by atoms with E-state index in [9.17, 15) is 19.2 Å². The molecule has 0 saturated heterocycles. The fourth-order valence-corrected chi connectivity index (χ4v) is 2.65. The number of hydrogen-bond donors (Lipinski definition) is 1. The standard InChI is InChI=1S/C23H33NO11/c1-7-12-31-19(25)23(24,35-22(28)32-14(4)5)15(6)16-10-11-17(33-20(26)29-8-2)18(13-16)34-21(27)30-9-3/h10-11,13-15H,7-9,12,24H2,1-6H3/t15?,23-/m1/s1. The lowest BCUT2D eigenvalue weighted by atomic mass is 9.90. The van der Waals surface area contributed by atoms with E-state index in [1.54, 1.807) is 34.6 Å². The van der Waals surface area contributed by atoms with Crippen molar-refractivity contribution in [1.29, 1.82) is 0 Å². The third-order valence-corrected chi connectivity index (χ3v) is 4.36. The number of rotatable bonds is 11. The zero-order valence-corrected chi connectivity index (χ0v) is 20.8. The summed E-state index contributed by atoms with van der Waals surface area (Å²) in [6, 6.07) is 4.01. The molecule has 0 radical (unpaired) electrons. The number of carbonyl (C=O) groups excluding carboxylic acids is 4. The van der Waals surface area contributed by atoms with Gasteiger partial charge in [-0.2, -0.15) is 0 Å². The lowest BCUT2D eigenvalue weighted by molar-refractivity contribution is -0.171. The molecule has 1 aromatic rings. The van der Waals surface area contributed by atoms with Gasteiger partial charge in [-0.05, 0) is 51.8 Å². The Morgan fingerprint density at radius 2 is 1.43 bits per heavy atom. The molecule has 2 N–H and O–H groups in total. The number of benzene rings is 1. The first kappa shape index (κ1) is 29.5. The van der Waals surface area contributed by atoms with Gasteiger partial charge in [-0.1, -0.05) is 19.9 Å². The van der Waals surface area contributed by atoms with Gasteiger partial charge in [-0.15, -0.1) is 0 Å². The molecule has 0 spiro atoms. The van der Waals surface area contributed by atoms with Crippen LogP contribution < -0.4 is 15.2 Å². The van der Waals surface area contributed by atoms with Crippen LogP contribution in [0.15, 0.2) is 18.2 Å². The summed E-state index contributed by atoms with van der Waals surface area (Å²) >= 11 is 0. The van der Waals surface area contributed by atoms with Gasteiger partial charge < -0.3 is 33.2 Å². The summed E-state index contributed by atoms with van der Waals surface area (Å²) in [4.78, 5) is 48.7. The largest absolute Gasteiger partial charge is 0.513 e. The van der Waals surface area contributed by atoms with Gasteiger partial charge in [0.2, 0.25) is 0 Å². The van der Waals surface area contributed by atoms with Crippen LogP contribution in [-0.4, -0.2) is 56.1 Å². The van der Waals surface area contributed by atoms with Gasteiger partial charge in [-0.3, -0.25) is 5.73 Å². The summed E-state index contributed by atoms with van der Waals surface area (Å²) in [5.41, 5.74) is 4.23. The van der Waals surface area contributed by atoms with Crippen LogP contribution in [-0.2, 0) is 28.5 Å². The molecule has 0 heterocycles. The Bertz CT molecular complexity index is 886. The zero-order chi connectivity index (χ0) is 26.6. The predicted octanol–water partition coefficient (Wildman–Crippen LogP) is 4.03. The Hall–Kier alpha value is -3.54. The topological polar surface area (TPSA) is 159 Å². The van der Waals surface area contributed by atoms with Gasteiger partial charge in [-0.25, -0.2) is 19.2 Å². The molecule has 1 unspecified atom stereocenters. The Labute approximate surface area is 203 Å². The summed E-state index contributed by atoms with van der Waals surface area (Å²) < 4.78 is 35.1.